The van der Waals surface area contributed by atoms with Crippen LogP contribution in [0.4, 0.5) is 0 Å². The van der Waals surface area contributed by atoms with E-state index in [9.17, 15) is 5.11 Å². The third kappa shape index (κ3) is 3.01. The summed E-state index contributed by atoms with van der Waals surface area (Å²) in [5.41, 5.74) is 1.15. The Balaban J connectivity index is 2.12. The number of nitrogens with zero attached hydrogens (tertiary/aromatic N) is 1. The summed E-state index contributed by atoms with van der Waals surface area (Å²) in [5.74, 6) is 1.62. The smallest absolute Gasteiger partial charge is 0.119 e. The van der Waals surface area contributed by atoms with Crippen molar-refractivity contribution in [2.24, 2.45) is 0 Å². The van der Waals surface area contributed by atoms with Crippen LogP contribution in [-0.2, 0) is 6.42 Å². The van der Waals surface area contributed by atoms with Gasteiger partial charge in [-0.15, -0.1) is 11.8 Å². The van der Waals surface area contributed by atoms with Crippen LogP contribution in [-0.4, -0.2) is 34.9 Å². The molecule has 1 aromatic carbocycles. The van der Waals surface area contributed by atoms with Gasteiger partial charge in [0.1, 0.15) is 5.75 Å². The number of hydrogen-bond donors (Lipinski definition) is 1. The highest BCUT2D eigenvalue weighted by molar-refractivity contribution is 7.99. The van der Waals surface area contributed by atoms with Gasteiger partial charge in [0.25, 0.3) is 0 Å². The normalized spacial score (nSPS) is 18.9. The first kappa shape index (κ1) is 13.8. The molecule has 1 unspecified atom stereocenters. The molecule has 1 heterocycles. The Kier molecular flexibility index (Phi) is 4.95. The SMILES string of the molecule is CCCN(CCC)C1CSc2cccc(O)c2C1. The van der Waals surface area contributed by atoms with Gasteiger partial charge in [-0.05, 0) is 44.5 Å². The van der Waals surface area contributed by atoms with Crippen LogP contribution in [0.15, 0.2) is 23.1 Å². The van der Waals surface area contributed by atoms with E-state index in [1.807, 2.05) is 23.9 Å². The molecule has 0 aromatic heterocycles. The maximum atomic E-state index is 9.98. The van der Waals surface area contributed by atoms with Crippen LogP contribution in [0.25, 0.3) is 0 Å². The molecule has 2 rings (SSSR count). The number of thioether (sulfide) groups is 1. The van der Waals surface area contributed by atoms with E-state index in [4.69, 9.17) is 0 Å². The van der Waals surface area contributed by atoms with Gasteiger partial charge < -0.3 is 5.11 Å². The van der Waals surface area contributed by atoms with Crippen molar-refractivity contribution in [1.82, 2.24) is 4.90 Å². The monoisotopic (exact) mass is 265 g/mol. The standard InChI is InChI=1S/C15H23NOS/c1-3-8-16(9-4-2)12-10-13-14(17)6-5-7-15(13)18-11-12/h5-7,12,17H,3-4,8-11H2,1-2H3. The fourth-order valence-electron chi connectivity index (χ4n) is 2.66. The van der Waals surface area contributed by atoms with Crippen LogP contribution in [0, 0.1) is 0 Å². The summed E-state index contributed by atoms with van der Waals surface area (Å²) in [5, 5.41) is 9.98. The van der Waals surface area contributed by atoms with Crippen LogP contribution in [0.5, 0.6) is 5.75 Å². The quantitative estimate of drug-likeness (QED) is 0.881. The Morgan fingerprint density at radius 1 is 1.28 bits per heavy atom. The van der Waals surface area contributed by atoms with Gasteiger partial charge >= 0.3 is 0 Å². The van der Waals surface area contributed by atoms with Crippen molar-refractivity contribution in [3.8, 4) is 5.75 Å². The molecular formula is C15H23NOS. The lowest BCUT2D eigenvalue weighted by molar-refractivity contribution is 0.208. The zero-order chi connectivity index (χ0) is 13.0. The van der Waals surface area contributed by atoms with Crippen molar-refractivity contribution in [1.29, 1.82) is 0 Å². The highest BCUT2D eigenvalue weighted by atomic mass is 32.2. The fourth-order valence-corrected chi connectivity index (χ4v) is 3.90. The van der Waals surface area contributed by atoms with Gasteiger partial charge in [-0.3, -0.25) is 4.90 Å². The molecule has 1 aliphatic heterocycles. The maximum Gasteiger partial charge on any atom is 0.119 e. The van der Waals surface area contributed by atoms with E-state index in [0.29, 0.717) is 11.8 Å². The number of benzene rings is 1. The van der Waals surface area contributed by atoms with Gasteiger partial charge in [0, 0.05) is 22.3 Å². The van der Waals surface area contributed by atoms with E-state index in [0.717, 1.165) is 17.7 Å². The van der Waals surface area contributed by atoms with Gasteiger partial charge in [0.05, 0.1) is 0 Å². The van der Waals surface area contributed by atoms with E-state index in [1.54, 1.807) is 0 Å². The van der Waals surface area contributed by atoms with E-state index in [2.05, 4.69) is 24.8 Å². The van der Waals surface area contributed by atoms with Gasteiger partial charge in [0.2, 0.25) is 0 Å². The minimum Gasteiger partial charge on any atom is -0.508 e. The summed E-state index contributed by atoms with van der Waals surface area (Å²) in [6.45, 7) is 6.82. The summed E-state index contributed by atoms with van der Waals surface area (Å²) < 4.78 is 0. The van der Waals surface area contributed by atoms with Crippen molar-refractivity contribution in [2.75, 3.05) is 18.8 Å². The van der Waals surface area contributed by atoms with Gasteiger partial charge in [-0.2, -0.15) is 0 Å². The number of phenols is 1. The molecule has 1 aliphatic rings. The van der Waals surface area contributed by atoms with Crippen LogP contribution in [0.1, 0.15) is 32.3 Å². The molecule has 0 spiro atoms. The first-order chi connectivity index (χ1) is 8.76. The lowest BCUT2D eigenvalue weighted by Gasteiger charge is -2.34. The lowest BCUT2D eigenvalue weighted by atomic mass is 10.0. The van der Waals surface area contributed by atoms with E-state index >= 15 is 0 Å². The molecule has 1 aromatic rings. The first-order valence-electron chi connectivity index (χ1n) is 6.94. The molecule has 1 atom stereocenters. The molecule has 0 saturated carbocycles. The van der Waals surface area contributed by atoms with Gasteiger partial charge in [0.15, 0.2) is 0 Å². The maximum absolute atomic E-state index is 9.98. The molecule has 0 amide bonds. The molecule has 0 saturated heterocycles. The summed E-state index contributed by atoms with van der Waals surface area (Å²) in [6.07, 6.45) is 3.40. The van der Waals surface area contributed by atoms with Crippen LogP contribution in [0.3, 0.4) is 0 Å². The number of hydrogen-bond acceptors (Lipinski definition) is 3. The molecule has 18 heavy (non-hydrogen) atoms. The summed E-state index contributed by atoms with van der Waals surface area (Å²) in [7, 11) is 0. The third-order valence-corrected chi connectivity index (χ3v) is 4.76. The molecule has 0 bridgehead atoms. The van der Waals surface area contributed by atoms with Crippen LogP contribution < -0.4 is 0 Å². The van der Waals surface area contributed by atoms with Crippen LogP contribution >= 0.6 is 11.8 Å². The van der Waals surface area contributed by atoms with E-state index in [1.165, 1.54) is 30.8 Å². The highest BCUT2D eigenvalue weighted by Gasteiger charge is 2.25. The molecule has 1 N–H and O–H groups in total. The van der Waals surface area contributed by atoms with Crippen molar-refractivity contribution in [2.45, 2.75) is 44.0 Å². The van der Waals surface area contributed by atoms with Crippen molar-refractivity contribution >= 4 is 11.8 Å². The minimum absolute atomic E-state index is 0.470. The van der Waals surface area contributed by atoms with Crippen molar-refractivity contribution in [3.63, 3.8) is 0 Å². The zero-order valence-electron chi connectivity index (χ0n) is 11.4. The Morgan fingerprint density at radius 2 is 2.00 bits per heavy atom. The average Bonchev–Trinajstić information content (AvgIpc) is 2.39. The number of rotatable bonds is 5. The van der Waals surface area contributed by atoms with Crippen molar-refractivity contribution in [3.05, 3.63) is 23.8 Å². The second-order valence-corrected chi connectivity index (χ2v) is 6.02. The minimum atomic E-state index is 0.470. The highest BCUT2D eigenvalue weighted by Crippen LogP contribution is 2.36. The predicted molar refractivity (Wildman–Crippen MR) is 78.5 cm³/mol. The van der Waals surface area contributed by atoms with E-state index in [-0.39, 0.29) is 0 Å². The second-order valence-electron chi connectivity index (χ2n) is 4.96. The second kappa shape index (κ2) is 6.48. The van der Waals surface area contributed by atoms with Gasteiger partial charge in [-0.25, -0.2) is 0 Å². The first-order valence-corrected chi connectivity index (χ1v) is 7.92. The Morgan fingerprint density at radius 3 is 2.67 bits per heavy atom. The Labute approximate surface area is 114 Å². The summed E-state index contributed by atoms with van der Waals surface area (Å²) >= 11 is 1.89. The average molecular weight is 265 g/mol. The number of fused-ring (bicyclic) bond motifs is 1. The van der Waals surface area contributed by atoms with Gasteiger partial charge in [-0.1, -0.05) is 19.9 Å². The third-order valence-electron chi connectivity index (χ3n) is 3.52. The summed E-state index contributed by atoms with van der Waals surface area (Å²) in [6, 6.07) is 6.46. The largest absolute Gasteiger partial charge is 0.508 e. The summed E-state index contributed by atoms with van der Waals surface area (Å²) in [4.78, 5) is 3.85. The number of aromatic hydroxyl groups is 1. The number of phenolic OH excluding ortho intramolecular Hbond substituents is 1. The molecule has 100 valence electrons. The Bertz CT molecular complexity index is 388. The molecule has 2 nitrogen and oxygen atoms in total. The predicted octanol–water partition coefficient (Wildman–Crippen LogP) is 3.53. The molecular weight excluding hydrogens is 242 g/mol. The van der Waals surface area contributed by atoms with E-state index < -0.39 is 0 Å². The fraction of sp³-hybridized carbons (Fsp3) is 0.600. The Hall–Kier alpha value is -0.670. The topological polar surface area (TPSA) is 23.5 Å². The molecule has 3 heteroatoms. The molecule has 0 fully saturated rings. The lowest BCUT2D eigenvalue weighted by Crippen LogP contribution is -2.41. The molecule has 0 aliphatic carbocycles. The molecule has 0 radical (unpaired) electrons. The zero-order valence-corrected chi connectivity index (χ0v) is 12.2. The van der Waals surface area contributed by atoms with Crippen molar-refractivity contribution < 1.29 is 5.11 Å². The van der Waals surface area contributed by atoms with Crippen LogP contribution in [0.2, 0.25) is 0 Å².